The lowest BCUT2D eigenvalue weighted by molar-refractivity contribution is -0.148. The van der Waals surface area contributed by atoms with Gasteiger partial charge < -0.3 is 40.3 Å². The van der Waals surface area contributed by atoms with Crippen LogP contribution in [-0.4, -0.2) is 129 Å². The van der Waals surface area contributed by atoms with Crippen LogP contribution in [0.3, 0.4) is 0 Å². The number of aliphatic hydroxyl groups excluding tert-OH is 1. The summed E-state index contributed by atoms with van der Waals surface area (Å²) >= 11 is 0. The van der Waals surface area contributed by atoms with Crippen molar-refractivity contribution in [1.29, 1.82) is 0 Å². The molecule has 1 aromatic rings. The number of carbonyl (C=O) groups excluding carboxylic acids is 4. The molecule has 2 rings (SSSR count). The van der Waals surface area contributed by atoms with E-state index in [4.69, 9.17) is 9.47 Å². The van der Waals surface area contributed by atoms with E-state index in [1.807, 2.05) is 58.0 Å². The summed E-state index contributed by atoms with van der Waals surface area (Å²) in [7, 11) is 8.16. The Kier molecular flexibility index (Phi) is 18.2. The van der Waals surface area contributed by atoms with Gasteiger partial charge in [-0.2, -0.15) is 0 Å². The summed E-state index contributed by atoms with van der Waals surface area (Å²) in [4.78, 5) is 58.4. The third kappa shape index (κ3) is 11.7. The molecule has 1 saturated heterocycles. The molecule has 1 heterocycles. The van der Waals surface area contributed by atoms with Gasteiger partial charge in [-0.05, 0) is 64.6 Å². The number of nitrogens with zero attached hydrogens (tertiary/aromatic N) is 2. The van der Waals surface area contributed by atoms with Crippen LogP contribution in [0.15, 0.2) is 30.3 Å². The van der Waals surface area contributed by atoms with Crippen LogP contribution in [0.2, 0.25) is 0 Å². The van der Waals surface area contributed by atoms with Gasteiger partial charge in [-0.25, -0.2) is 0 Å². The Morgan fingerprint density at radius 1 is 1.02 bits per heavy atom. The van der Waals surface area contributed by atoms with E-state index in [1.165, 1.54) is 0 Å². The second kappa shape index (κ2) is 21.0. The molecule has 0 bridgehead atoms. The fourth-order valence-electron chi connectivity index (χ4n) is 7.10. The molecule has 0 spiro atoms. The first-order chi connectivity index (χ1) is 24.5. The average molecular weight is 733 g/mol. The van der Waals surface area contributed by atoms with Crippen molar-refractivity contribution in [3.05, 3.63) is 35.9 Å². The molecule has 1 aromatic carbocycles. The number of nitrogens with one attached hydrogen (secondary N) is 4. The van der Waals surface area contributed by atoms with Crippen LogP contribution < -0.4 is 21.3 Å². The number of methoxy groups -OCH3 is 2. The van der Waals surface area contributed by atoms with Crippen LogP contribution in [0.4, 0.5) is 0 Å². The normalized spacial score (nSPS) is 19.6. The number of amides is 4. The number of likely N-dealkylation sites (N-methyl/N-ethyl adjacent to an activating group) is 3. The molecule has 13 nitrogen and oxygen atoms in total. The molecule has 0 saturated carbocycles. The van der Waals surface area contributed by atoms with Gasteiger partial charge in [0.25, 0.3) is 0 Å². The molecule has 52 heavy (non-hydrogen) atoms. The van der Waals surface area contributed by atoms with Gasteiger partial charge in [0.15, 0.2) is 0 Å². The second-order valence-electron chi connectivity index (χ2n) is 15.2. The van der Waals surface area contributed by atoms with Crippen LogP contribution in [0.25, 0.3) is 0 Å². The quantitative estimate of drug-likeness (QED) is 0.120. The third-order valence-corrected chi connectivity index (χ3v) is 11.0. The number of aliphatic hydroxyl groups is 1. The van der Waals surface area contributed by atoms with E-state index >= 15 is 0 Å². The van der Waals surface area contributed by atoms with Crippen molar-refractivity contribution >= 4 is 23.6 Å². The molecule has 5 N–H and O–H groups in total. The van der Waals surface area contributed by atoms with Gasteiger partial charge in [0, 0.05) is 27.8 Å². The van der Waals surface area contributed by atoms with Crippen LogP contribution in [0.1, 0.15) is 79.7 Å². The smallest absolute Gasteiger partial charge is 0.245 e. The third-order valence-electron chi connectivity index (χ3n) is 11.0. The lowest BCUT2D eigenvalue weighted by Crippen LogP contribution is -2.61. The van der Waals surface area contributed by atoms with Gasteiger partial charge in [-0.1, -0.05) is 71.4 Å². The Morgan fingerprint density at radius 2 is 1.65 bits per heavy atom. The minimum absolute atomic E-state index is 0.0226. The zero-order valence-corrected chi connectivity index (χ0v) is 33.7. The molecule has 1 aliphatic rings. The van der Waals surface area contributed by atoms with Crippen LogP contribution >= 0.6 is 0 Å². The highest BCUT2D eigenvalue weighted by molar-refractivity contribution is 5.92. The maximum absolute atomic E-state index is 14.2. The number of carbonyl (C=O) groups is 4. The first-order valence-electron chi connectivity index (χ1n) is 18.8. The fraction of sp³-hybridized carbons (Fsp3) is 0.744. The zero-order valence-electron chi connectivity index (χ0n) is 33.7. The molecule has 296 valence electrons. The predicted octanol–water partition coefficient (Wildman–Crippen LogP) is 2.31. The molecular formula is C39H68N6O7. The Balaban J connectivity index is 2.27. The standard InChI is InChI=1S/C39H68N6O7/c1-13-25(4)33(44(10)37(49)32(24(2)3)43-38(50)39(6,7)41-9)30(51-11)23-31(46)45-21-17-20-29(45)34(52-12)26(5)35(47)42-28(36(48)40-8)22-27-18-15-14-16-19-27/h14-16,18-19,24-26,28-30,32-34,36,40-41,48H,13,17,20-23H2,1-12H3,(H,42,47)(H,43,50). The minimum Gasteiger partial charge on any atom is -0.379 e. The summed E-state index contributed by atoms with van der Waals surface area (Å²) < 4.78 is 11.9. The number of likely N-dealkylation sites (tertiary alicyclic amines) is 1. The topological polar surface area (TPSA) is 162 Å². The van der Waals surface area contributed by atoms with Crippen molar-refractivity contribution < 1.29 is 33.8 Å². The number of benzene rings is 1. The van der Waals surface area contributed by atoms with Crippen molar-refractivity contribution in [1.82, 2.24) is 31.1 Å². The van der Waals surface area contributed by atoms with E-state index in [2.05, 4.69) is 21.3 Å². The number of ether oxygens (including phenoxy) is 2. The summed E-state index contributed by atoms with van der Waals surface area (Å²) in [6, 6.07) is 7.48. The second-order valence-corrected chi connectivity index (χ2v) is 15.2. The summed E-state index contributed by atoms with van der Waals surface area (Å²) in [6.07, 6.45) is 0.417. The predicted molar refractivity (Wildman–Crippen MR) is 203 cm³/mol. The summed E-state index contributed by atoms with van der Waals surface area (Å²) in [5.41, 5.74) is 0.106. The Bertz CT molecular complexity index is 1280. The van der Waals surface area contributed by atoms with Crippen molar-refractivity contribution in [2.24, 2.45) is 17.8 Å². The van der Waals surface area contributed by atoms with Crippen molar-refractivity contribution in [2.45, 2.75) is 129 Å². The number of rotatable bonds is 21. The van der Waals surface area contributed by atoms with Crippen LogP contribution in [0.5, 0.6) is 0 Å². The molecular weight excluding hydrogens is 664 g/mol. The Labute approximate surface area is 312 Å². The van der Waals surface area contributed by atoms with Gasteiger partial charge >= 0.3 is 0 Å². The molecule has 0 radical (unpaired) electrons. The zero-order chi connectivity index (χ0) is 39.3. The van der Waals surface area contributed by atoms with E-state index in [9.17, 15) is 24.3 Å². The van der Waals surface area contributed by atoms with Crippen molar-refractivity contribution in [2.75, 3.05) is 41.9 Å². The largest absolute Gasteiger partial charge is 0.379 e. The van der Waals surface area contributed by atoms with Crippen LogP contribution in [0, 0.1) is 17.8 Å². The SMILES string of the molecule is CCC(C)C(C(CC(=O)N1CCCC1C(OC)C(C)C(=O)NC(Cc1ccccc1)C(O)NC)OC)N(C)C(=O)C(NC(=O)C(C)(C)NC)C(C)C. The molecule has 9 atom stereocenters. The van der Waals surface area contributed by atoms with E-state index < -0.39 is 48.0 Å². The lowest BCUT2D eigenvalue weighted by Gasteiger charge is -2.41. The Morgan fingerprint density at radius 3 is 2.17 bits per heavy atom. The Hall–Kier alpha value is -3.10. The van der Waals surface area contributed by atoms with E-state index in [0.29, 0.717) is 19.4 Å². The first kappa shape index (κ1) is 45.1. The fourth-order valence-corrected chi connectivity index (χ4v) is 7.10. The highest BCUT2D eigenvalue weighted by Crippen LogP contribution is 2.30. The van der Waals surface area contributed by atoms with Gasteiger partial charge in [0.1, 0.15) is 12.3 Å². The summed E-state index contributed by atoms with van der Waals surface area (Å²) in [5.74, 6) is -1.79. The summed E-state index contributed by atoms with van der Waals surface area (Å²) in [5, 5.41) is 22.5. The maximum Gasteiger partial charge on any atom is 0.245 e. The first-order valence-corrected chi connectivity index (χ1v) is 18.8. The van der Waals surface area contributed by atoms with Gasteiger partial charge in [0.2, 0.25) is 23.6 Å². The summed E-state index contributed by atoms with van der Waals surface area (Å²) in [6.45, 7) is 13.7. The van der Waals surface area contributed by atoms with Crippen molar-refractivity contribution in [3.63, 3.8) is 0 Å². The molecule has 0 aliphatic carbocycles. The van der Waals surface area contributed by atoms with Gasteiger partial charge in [-0.15, -0.1) is 0 Å². The maximum atomic E-state index is 14.2. The number of hydrogen-bond donors (Lipinski definition) is 5. The van der Waals surface area contributed by atoms with E-state index in [1.54, 1.807) is 65.9 Å². The monoisotopic (exact) mass is 733 g/mol. The molecule has 1 aliphatic heterocycles. The molecule has 1 fully saturated rings. The number of hydrogen-bond acceptors (Lipinski definition) is 9. The van der Waals surface area contributed by atoms with Gasteiger partial charge in [0.05, 0.1) is 48.2 Å². The lowest BCUT2D eigenvalue weighted by atomic mass is 9.89. The minimum atomic E-state index is -0.969. The molecule has 9 unspecified atom stereocenters. The molecule has 13 heteroatoms. The molecule has 0 aromatic heterocycles. The van der Waals surface area contributed by atoms with Crippen molar-refractivity contribution in [3.8, 4) is 0 Å². The average Bonchev–Trinajstić information content (AvgIpc) is 3.62. The van der Waals surface area contributed by atoms with E-state index in [0.717, 1.165) is 18.4 Å². The van der Waals surface area contributed by atoms with Gasteiger partial charge in [-0.3, -0.25) is 24.5 Å². The highest BCUT2D eigenvalue weighted by Gasteiger charge is 2.43. The van der Waals surface area contributed by atoms with E-state index in [-0.39, 0.29) is 47.9 Å². The molecule has 4 amide bonds. The highest BCUT2D eigenvalue weighted by atomic mass is 16.5. The van der Waals surface area contributed by atoms with Crippen LogP contribution in [-0.2, 0) is 35.1 Å².